The lowest BCUT2D eigenvalue weighted by atomic mass is 9.98. The molecule has 0 aliphatic rings. The Labute approximate surface area is 248 Å². The molecule has 0 bridgehead atoms. The second-order valence-electron chi connectivity index (χ2n) is 9.79. The number of ether oxygens (including phenoxy) is 3. The average Bonchev–Trinajstić information content (AvgIpc) is 3.34. The van der Waals surface area contributed by atoms with Gasteiger partial charge in [0.1, 0.15) is 5.75 Å². The van der Waals surface area contributed by atoms with E-state index in [0.717, 1.165) is 11.1 Å². The molecular formula is C31H32N4O7S. The summed E-state index contributed by atoms with van der Waals surface area (Å²) in [6.45, 7) is 6.26. The Morgan fingerprint density at radius 1 is 1.02 bits per heavy atom. The number of phenols is 1. The SMILES string of the molecule is CCOc1c(O)c2c(-c3ccc(CS(=O)(=O)NC(=O)Cc4ncccc4OC)cc3C)[nH]c(OCC)c2c2ncccc12. The summed E-state index contributed by atoms with van der Waals surface area (Å²) in [5.41, 5.74) is 3.46. The second-order valence-corrected chi connectivity index (χ2v) is 11.5. The highest BCUT2D eigenvalue weighted by Crippen LogP contribution is 2.49. The van der Waals surface area contributed by atoms with Crippen molar-refractivity contribution in [2.75, 3.05) is 20.3 Å². The van der Waals surface area contributed by atoms with E-state index in [9.17, 15) is 18.3 Å². The number of methoxy groups -OCH3 is 1. The smallest absolute Gasteiger partial charge is 0.239 e. The van der Waals surface area contributed by atoms with Crippen LogP contribution in [0.25, 0.3) is 32.9 Å². The standard InChI is InChI=1S/C31H32N4O7S/c1-5-41-30-21-9-7-14-33-27(21)26-25(29(30)37)28(34-31(26)42-6-2)20-12-11-19(15-18(20)3)17-43(38,39)35-24(36)16-22-23(40-4)10-8-13-32-22/h7-15,34,37H,5-6,16-17H2,1-4H3,(H,35,36). The minimum Gasteiger partial charge on any atom is -0.504 e. The fraction of sp³-hybridized carbons (Fsp3) is 0.258. The molecule has 0 saturated carbocycles. The zero-order valence-electron chi connectivity index (χ0n) is 24.2. The highest BCUT2D eigenvalue weighted by molar-refractivity contribution is 7.89. The van der Waals surface area contributed by atoms with Crippen LogP contribution in [0, 0.1) is 6.92 Å². The number of nitrogens with one attached hydrogen (secondary N) is 2. The van der Waals surface area contributed by atoms with Crippen LogP contribution in [0.15, 0.2) is 54.9 Å². The van der Waals surface area contributed by atoms with Crippen molar-refractivity contribution in [1.82, 2.24) is 19.7 Å². The van der Waals surface area contributed by atoms with Crippen molar-refractivity contribution >= 4 is 37.6 Å². The lowest BCUT2D eigenvalue weighted by molar-refractivity contribution is -0.118. The van der Waals surface area contributed by atoms with E-state index in [0.29, 0.717) is 69.2 Å². The van der Waals surface area contributed by atoms with Crippen LogP contribution in [0.5, 0.6) is 23.1 Å². The fourth-order valence-corrected chi connectivity index (χ4v) is 6.28. The van der Waals surface area contributed by atoms with Crippen molar-refractivity contribution in [3.63, 3.8) is 0 Å². The van der Waals surface area contributed by atoms with Gasteiger partial charge in [-0.05, 0) is 56.2 Å². The number of hydrogen-bond donors (Lipinski definition) is 3. The van der Waals surface area contributed by atoms with Gasteiger partial charge in [-0.1, -0.05) is 18.2 Å². The van der Waals surface area contributed by atoms with Gasteiger partial charge in [-0.25, -0.2) is 8.42 Å². The number of aryl methyl sites for hydroxylation is 1. The normalized spacial score (nSPS) is 11.5. The zero-order chi connectivity index (χ0) is 30.7. The number of phenolic OH excluding ortho intramolecular Hbond substituents is 1. The Kier molecular flexibility index (Phi) is 8.40. The zero-order valence-corrected chi connectivity index (χ0v) is 25.0. The minimum absolute atomic E-state index is 0.0483. The third-order valence-corrected chi connectivity index (χ3v) is 8.12. The molecular weight excluding hydrogens is 572 g/mol. The summed E-state index contributed by atoms with van der Waals surface area (Å²) in [6, 6.07) is 12.1. The number of aromatic hydroxyl groups is 1. The Balaban J connectivity index is 1.48. The average molecular weight is 605 g/mol. The summed E-state index contributed by atoms with van der Waals surface area (Å²) >= 11 is 0. The van der Waals surface area contributed by atoms with Crippen LogP contribution in [0.4, 0.5) is 0 Å². The highest BCUT2D eigenvalue weighted by atomic mass is 32.2. The molecule has 1 amide bonds. The first kappa shape index (κ1) is 29.6. The van der Waals surface area contributed by atoms with Crippen molar-refractivity contribution in [2.24, 2.45) is 0 Å². The van der Waals surface area contributed by atoms with Gasteiger partial charge in [-0.15, -0.1) is 0 Å². The number of sulfonamides is 1. The van der Waals surface area contributed by atoms with Crippen molar-refractivity contribution in [2.45, 2.75) is 32.9 Å². The Morgan fingerprint density at radius 2 is 1.77 bits per heavy atom. The van der Waals surface area contributed by atoms with E-state index in [2.05, 4.69) is 19.7 Å². The summed E-state index contributed by atoms with van der Waals surface area (Å²) in [5, 5.41) is 13.2. The quantitative estimate of drug-likeness (QED) is 0.193. The van der Waals surface area contributed by atoms with Crippen molar-refractivity contribution < 1.29 is 32.5 Å². The molecule has 3 heterocycles. The molecule has 0 spiro atoms. The van der Waals surface area contributed by atoms with Crippen molar-refractivity contribution in [3.05, 3.63) is 71.7 Å². The number of fused-ring (bicyclic) bond motifs is 3. The first-order chi connectivity index (χ1) is 20.7. The van der Waals surface area contributed by atoms with Gasteiger partial charge in [0.15, 0.2) is 11.5 Å². The van der Waals surface area contributed by atoms with Crippen LogP contribution in [-0.2, 0) is 27.0 Å². The number of amides is 1. The molecule has 0 unspecified atom stereocenters. The molecule has 0 aliphatic carbocycles. The lowest BCUT2D eigenvalue weighted by Crippen LogP contribution is -2.33. The van der Waals surface area contributed by atoms with Crippen LogP contribution >= 0.6 is 0 Å². The molecule has 3 aromatic heterocycles. The number of pyridine rings is 2. The van der Waals surface area contributed by atoms with E-state index in [1.807, 2.05) is 26.8 Å². The number of aromatic amines is 1. The van der Waals surface area contributed by atoms with E-state index < -0.39 is 21.7 Å². The first-order valence-electron chi connectivity index (χ1n) is 13.7. The number of nitrogens with zero attached hydrogens (tertiary/aromatic N) is 2. The van der Waals surface area contributed by atoms with Gasteiger partial charge >= 0.3 is 0 Å². The number of benzene rings is 2. The molecule has 224 valence electrons. The molecule has 0 fully saturated rings. The molecule has 2 aromatic carbocycles. The van der Waals surface area contributed by atoms with E-state index in [-0.39, 0.29) is 12.2 Å². The minimum atomic E-state index is -4.01. The van der Waals surface area contributed by atoms with Crippen LogP contribution in [-0.4, -0.2) is 54.7 Å². The Bertz CT molecular complexity index is 1940. The van der Waals surface area contributed by atoms with Gasteiger partial charge in [-0.2, -0.15) is 0 Å². The second kappa shape index (κ2) is 12.2. The van der Waals surface area contributed by atoms with Crippen LogP contribution in [0.2, 0.25) is 0 Å². The fourth-order valence-electron chi connectivity index (χ4n) is 5.17. The number of H-pyrrole nitrogens is 1. The molecule has 0 aliphatic heterocycles. The van der Waals surface area contributed by atoms with E-state index >= 15 is 0 Å². The molecule has 0 radical (unpaired) electrons. The van der Waals surface area contributed by atoms with E-state index in [1.165, 1.54) is 13.3 Å². The highest BCUT2D eigenvalue weighted by Gasteiger charge is 2.26. The summed E-state index contributed by atoms with van der Waals surface area (Å²) in [7, 11) is -2.56. The maximum absolute atomic E-state index is 12.9. The van der Waals surface area contributed by atoms with Crippen LogP contribution in [0.3, 0.4) is 0 Å². The number of rotatable bonds is 11. The van der Waals surface area contributed by atoms with Gasteiger partial charge in [0.2, 0.25) is 21.8 Å². The topological polar surface area (TPSA) is 153 Å². The predicted octanol–water partition coefficient (Wildman–Crippen LogP) is 4.79. The van der Waals surface area contributed by atoms with Gasteiger partial charge in [0, 0.05) is 23.3 Å². The van der Waals surface area contributed by atoms with E-state index in [1.54, 1.807) is 42.6 Å². The van der Waals surface area contributed by atoms with Gasteiger partial charge in [0.25, 0.3) is 0 Å². The van der Waals surface area contributed by atoms with Crippen LogP contribution in [0.1, 0.15) is 30.7 Å². The van der Waals surface area contributed by atoms with Crippen molar-refractivity contribution in [3.8, 4) is 34.4 Å². The molecule has 5 aromatic rings. The largest absolute Gasteiger partial charge is 0.504 e. The van der Waals surface area contributed by atoms with Gasteiger partial charge < -0.3 is 24.3 Å². The van der Waals surface area contributed by atoms with E-state index in [4.69, 9.17) is 14.2 Å². The molecule has 0 saturated heterocycles. The molecule has 0 atom stereocenters. The number of hydrogen-bond acceptors (Lipinski definition) is 9. The molecule has 5 rings (SSSR count). The maximum Gasteiger partial charge on any atom is 0.239 e. The number of aromatic nitrogens is 3. The molecule has 11 nitrogen and oxygen atoms in total. The third kappa shape index (κ3) is 5.91. The Morgan fingerprint density at radius 3 is 2.49 bits per heavy atom. The molecule has 12 heteroatoms. The first-order valence-corrected chi connectivity index (χ1v) is 15.3. The summed E-state index contributed by atoms with van der Waals surface area (Å²) in [6.07, 6.45) is 2.92. The summed E-state index contributed by atoms with van der Waals surface area (Å²) in [5.74, 6) is -0.00760. The number of carbonyl (C=O) groups is 1. The molecule has 3 N–H and O–H groups in total. The predicted molar refractivity (Wildman–Crippen MR) is 163 cm³/mol. The van der Waals surface area contributed by atoms with Crippen molar-refractivity contribution in [1.29, 1.82) is 0 Å². The molecule has 43 heavy (non-hydrogen) atoms. The maximum atomic E-state index is 12.9. The van der Waals surface area contributed by atoms with Crippen LogP contribution < -0.4 is 18.9 Å². The van der Waals surface area contributed by atoms with Gasteiger partial charge in [0.05, 0.1) is 60.2 Å². The summed E-state index contributed by atoms with van der Waals surface area (Å²) < 4.78 is 44.8. The Hall–Kier alpha value is -4.84. The lowest BCUT2D eigenvalue weighted by Gasteiger charge is -2.13. The van der Waals surface area contributed by atoms with Gasteiger partial charge in [-0.3, -0.25) is 19.5 Å². The third-order valence-electron chi connectivity index (χ3n) is 6.87. The monoisotopic (exact) mass is 604 g/mol. The number of carbonyl (C=O) groups excluding carboxylic acids is 1. The summed E-state index contributed by atoms with van der Waals surface area (Å²) in [4.78, 5) is 24.5.